The van der Waals surface area contributed by atoms with E-state index < -0.39 is 0 Å². The molecule has 0 atom stereocenters. The van der Waals surface area contributed by atoms with Gasteiger partial charge in [-0.1, -0.05) is 39.7 Å². The Bertz CT molecular complexity index is 1010. The van der Waals surface area contributed by atoms with Gasteiger partial charge in [0.25, 0.3) is 0 Å². The highest BCUT2D eigenvalue weighted by molar-refractivity contribution is 9.10. The molecule has 0 bridgehead atoms. The number of hydrogen-bond acceptors (Lipinski definition) is 3. The number of benzene rings is 2. The lowest BCUT2D eigenvalue weighted by molar-refractivity contribution is 0.306. The maximum Gasteiger partial charge on any atom is 0.339 e. The first-order chi connectivity index (χ1) is 12.1. The summed E-state index contributed by atoms with van der Waals surface area (Å²) in [4.78, 5) is 12.2. The Morgan fingerprint density at radius 2 is 1.92 bits per heavy atom. The quantitative estimate of drug-likeness (QED) is 0.514. The van der Waals surface area contributed by atoms with E-state index in [4.69, 9.17) is 20.8 Å². The number of aryl methyl sites for hydroxylation is 1. The lowest BCUT2D eigenvalue weighted by Crippen LogP contribution is -2.15. The van der Waals surface area contributed by atoms with Gasteiger partial charge in [-0.3, -0.25) is 0 Å². The average Bonchev–Trinajstić information content (AvgIpc) is 2.61. The van der Waals surface area contributed by atoms with Crippen LogP contribution in [0.25, 0.3) is 11.0 Å². The largest absolute Gasteiger partial charge is 0.487 e. The zero-order valence-corrected chi connectivity index (χ0v) is 15.8. The van der Waals surface area contributed by atoms with Crippen molar-refractivity contribution in [2.45, 2.75) is 32.3 Å². The van der Waals surface area contributed by atoms with Crippen LogP contribution in [-0.2, 0) is 19.4 Å². The maximum atomic E-state index is 12.2. The van der Waals surface area contributed by atoms with Crippen molar-refractivity contribution >= 4 is 38.5 Å². The van der Waals surface area contributed by atoms with Crippen molar-refractivity contribution in [1.29, 1.82) is 0 Å². The molecule has 3 nitrogen and oxygen atoms in total. The first-order valence-corrected chi connectivity index (χ1v) is 9.44. The van der Waals surface area contributed by atoms with Gasteiger partial charge in [0.2, 0.25) is 0 Å². The number of ether oxygens (including phenoxy) is 1. The van der Waals surface area contributed by atoms with Gasteiger partial charge in [0.15, 0.2) is 0 Å². The van der Waals surface area contributed by atoms with Gasteiger partial charge in [-0.05, 0) is 55.0 Å². The third kappa shape index (κ3) is 3.33. The van der Waals surface area contributed by atoms with Crippen molar-refractivity contribution in [3.8, 4) is 5.75 Å². The molecule has 4 rings (SSSR count). The Kier molecular flexibility index (Phi) is 4.57. The van der Waals surface area contributed by atoms with Crippen LogP contribution in [0.2, 0.25) is 5.02 Å². The van der Waals surface area contributed by atoms with E-state index in [2.05, 4.69) is 15.9 Å². The molecule has 5 heteroatoms. The first kappa shape index (κ1) is 16.7. The summed E-state index contributed by atoms with van der Waals surface area (Å²) < 4.78 is 12.4. The molecule has 0 N–H and O–H groups in total. The third-order valence-electron chi connectivity index (χ3n) is 4.56. The minimum atomic E-state index is -0.234. The Balaban J connectivity index is 1.71. The van der Waals surface area contributed by atoms with Crippen molar-refractivity contribution in [3.05, 3.63) is 73.0 Å². The fourth-order valence-electron chi connectivity index (χ4n) is 3.34. The van der Waals surface area contributed by atoms with Crippen LogP contribution < -0.4 is 10.4 Å². The van der Waals surface area contributed by atoms with E-state index in [0.29, 0.717) is 23.0 Å². The Hall–Kier alpha value is -1.78. The number of fused-ring (bicyclic) bond motifs is 3. The molecule has 0 saturated carbocycles. The van der Waals surface area contributed by atoms with Crippen LogP contribution in [-0.4, -0.2) is 0 Å². The molecule has 128 valence electrons. The van der Waals surface area contributed by atoms with Crippen molar-refractivity contribution in [1.82, 2.24) is 0 Å². The molecule has 0 radical (unpaired) electrons. The molecular weight excluding hydrogens is 404 g/mol. The zero-order valence-electron chi connectivity index (χ0n) is 13.5. The molecular formula is C20H16BrClO3. The monoisotopic (exact) mass is 418 g/mol. The predicted octanol–water partition coefficient (Wildman–Crippen LogP) is 5.67. The molecule has 0 saturated heterocycles. The van der Waals surface area contributed by atoms with Gasteiger partial charge >= 0.3 is 5.63 Å². The number of halogens is 2. The molecule has 0 spiro atoms. The molecule has 1 heterocycles. The third-order valence-corrected chi connectivity index (χ3v) is 5.35. The molecule has 3 aromatic rings. The van der Waals surface area contributed by atoms with Crippen LogP contribution in [0, 0.1) is 0 Å². The van der Waals surface area contributed by atoms with Gasteiger partial charge in [0.1, 0.15) is 17.9 Å². The standard InChI is InChI=1S/C20H16BrClO3/c21-13-5-3-4-12(8-13)11-24-19-10-18-16(9-17(19)22)14-6-1-2-7-15(14)20(23)25-18/h3-5,8-10H,1-2,6-7,11H2. The van der Waals surface area contributed by atoms with Crippen LogP contribution >= 0.6 is 27.5 Å². The summed E-state index contributed by atoms with van der Waals surface area (Å²) >= 11 is 9.88. The molecule has 0 fully saturated rings. The van der Waals surface area contributed by atoms with E-state index in [1.165, 1.54) is 0 Å². The Morgan fingerprint density at radius 3 is 2.72 bits per heavy atom. The summed E-state index contributed by atoms with van der Waals surface area (Å²) in [6.45, 7) is 0.389. The van der Waals surface area contributed by atoms with Gasteiger partial charge in [0.05, 0.1) is 5.02 Å². The summed E-state index contributed by atoms with van der Waals surface area (Å²) in [6, 6.07) is 11.5. The van der Waals surface area contributed by atoms with Crippen molar-refractivity contribution < 1.29 is 9.15 Å². The molecule has 0 amide bonds. The topological polar surface area (TPSA) is 39.4 Å². The van der Waals surface area contributed by atoms with Crippen molar-refractivity contribution in [2.24, 2.45) is 0 Å². The first-order valence-electron chi connectivity index (χ1n) is 8.27. The van der Waals surface area contributed by atoms with E-state index in [1.54, 1.807) is 6.07 Å². The second kappa shape index (κ2) is 6.85. The van der Waals surface area contributed by atoms with Crippen LogP contribution in [0.15, 0.2) is 50.1 Å². The van der Waals surface area contributed by atoms with E-state index in [0.717, 1.165) is 52.2 Å². The SMILES string of the molecule is O=c1oc2cc(OCc3cccc(Br)c3)c(Cl)cc2c2c1CCCC2. The summed E-state index contributed by atoms with van der Waals surface area (Å²) in [5, 5.41) is 1.46. The molecule has 0 aliphatic heterocycles. The summed E-state index contributed by atoms with van der Waals surface area (Å²) in [5.41, 5.74) is 3.22. The highest BCUT2D eigenvalue weighted by Crippen LogP contribution is 2.34. The molecule has 1 aliphatic rings. The average molecular weight is 420 g/mol. The van der Waals surface area contributed by atoms with Gasteiger partial charge in [-0.2, -0.15) is 0 Å². The normalized spacial score (nSPS) is 13.7. The van der Waals surface area contributed by atoms with Gasteiger partial charge < -0.3 is 9.15 Å². The van der Waals surface area contributed by atoms with Crippen LogP contribution in [0.3, 0.4) is 0 Å². The highest BCUT2D eigenvalue weighted by Gasteiger charge is 2.19. The van der Waals surface area contributed by atoms with E-state index >= 15 is 0 Å². The van der Waals surface area contributed by atoms with Gasteiger partial charge in [-0.15, -0.1) is 0 Å². The lowest BCUT2D eigenvalue weighted by atomic mass is 9.91. The van der Waals surface area contributed by atoms with Crippen molar-refractivity contribution in [3.63, 3.8) is 0 Å². The summed E-state index contributed by atoms with van der Waals surface area (Å²) in [5.74, 6) is 0.521. The second-order valence-corrected chi connectivity index (χ2v) is 7.57. The molecule has 2 aromatic carbocycles. The summed E-state index contributed by atoms with van der Waals surface area (Å²) in [7, 11) is 0. The van der Waals surface area contributed by atoms with Gasteiger partial charge in [-0.25, -0.2) is 4.79 Å². The van der Waals surface area contributed by atoms with Gasteiger partial charge in [0, 0.05) is 21.5 Å². The zero-order chi connectivity index (χ0) is 17.4. The molecule has 0 unspecified atom stereocenters. The smallest absolute Gasteiger partial charge is 0.339 e. The molecule has 1 aromatic heterocycles. The number of hydrogen-bond donors (Lipinski definition) is 0. The Morgan fingerprint density at radius 1 is 1.12 bits per heavy atom. The van der Waals surface area contributed by atoms with Crippen LogP contribution in [0.5, 0.6) is 5.75 Å². The van der Waals surface area contributed by atoms with E-state index in [9.17, 15) is 4.79 Å². The van der Waals surface area contributed by atoms with Crippen LogP contribution in [0.1, 0.15) is 29.5 Å². The number of rotatable bonds is 3. The summed E-state index contributed by atoms with van der Waals surface area (Å²) in [6.07, 6.45) is 3.80. The minimum absolute atomic E-state index is 0.234. The minimum Gasteiger partial charge on any atom is -0.487 e. The fraction of sp³-hybridized carbons (Fsp3) is 0.250. The molecule has 1 aliphatic carbocycles. The molecule has 25 heavy (non-hydrogen) atoms. The maximum absolute atomic E-state index is 12.2. The second-order valence-electron chi connectivity index (χ2n) is 6.25. The fourth-order valence-corrected chi connectivity index (χ4v) is 4.01. The Labute approximate surface area is 158 Å². The van der Waals surface area contributed by atoms with E-state index in [-0.39, 0.29) is 5.63 Å². The lowest BCUT2D eigenvalue weighted by Gasteiger charge is -2.17. The highest BCUT2D eigenvalue weighted by atomic mass is 79.9. The van der Waals surface area contributed by atoms with Crippen molar-refractivity contribution in [2.75, 3.05) is 0 Å². The predicted molar refractivity (Wildman–Crippen MR) is 103 cm³/mol. The van der Waals surface area contributed by atoms with E-state index in [1.807, 2.05) is 30.3 Å². The van der Waals surface area contributed by atoms with Crippen LogP contribution in [0.4, 0.5) is 0 Å².